The van der Waals surface area contributed by atoms with Crippen LogP contribution >= 0.6 is 11.6 Å². The van der Waals surface area contributed by atoms with Crippen molar-refractivity contribution in [2.24, 2.45) is 0 Å². The normalized spacial score (nSPS) is 17.6. The smallest absolute Gasteiger partial charge is 0.261 e. The topological polar surface area (TPSA) is 57.7 Å². The molecule has 1 fully saturated rings. The Morgan fingerprint density at radius 2 is 1.75 bits per heavy atom. The molecule has 2 heterocycles. The van der Waals surface area contributed by atoms with Crippen LogP contribution in [0.2, 0.25) is 5.02 Å². The number of halogens is 2. The highest BCUT2D eigenvalue weighted by Crippen LogP contribution is 2.32. The molecule has 2 aromatic carbocycles. The Balaban J connectivity index is 1.69. The van der Waals surface area contributed by atoms with E-state index in [2.05, 4.69) is 0 Å². The molecule has 0 aliphatic carbocycles. The van der Waals surface area contributed by atoms with Crippen LogP contribution in [0.5, 0.6) is 0 Å². The zero-order valence-corrected chi connectivity index (χ0v) is 16.8. The fourth-order valence-corrected chi connectivity index (χ4v) is 5.57. The Hall–Kier alpha value is -1.96. The molecular formula is C20H20ClFN2O3S. The Labute approximate surface area is 168 Å². The molecule has 0 unspecified atom stereocenters. The predicted molar refractivity (Wildman–Crippen MR) is 106 cm³/mol. The van der Waals surface area contributed by atoms with E-state index in [1.807, 2.05) is 0 Å². The zero-order chi connectivity index (χ0) is 19.9. The Morgan fingerprint density at radius 3 is 2.50 bits per heavy atom. The van der Waals surface area contributed by atoms with E-state index < -0.39 is 21.7 Å². The lowest BCUT2D eigenvalue weighted by atomic mass is 10.0. The van der Waals surface area contributed by atoms with Crippen molar-refractivity contribution in [3.8, 4) is 0 Å². The Morgan fingerprint density at radius 1 is 1.00 bits per heavy atom. The largest absolute Gasteiger partial charge is 0.308 e. The monoisotopic (exact) mass is 422 g/mol. The third-order valence-electron chi connectivity index (χ3n) is 5.28. The quantitative estimate of drug-likeness (QED) is 0.754. The van der Waals surface area contributed by atoms with E-state index in [9.17, 15) is 17.6 Å². The number of aryl methyl sites for hydroxylation is 1. The number of hydrogen-bond acceptors (Lipinski definition) is 3. The minimum atomic E-state index is -3.52. The minimum absolute atomic E-state index is 0.0888. The molecule has 1 amide bonds. The van der Waals surface area contributed by atoms with E-state index >= 15 is 0 Å². The van der Waals surface area contributed by atoms with Crippen LogP contribution in [0, 0.1) is 5.82 Å². The molecule has 0 spiro atoms. The summed E-state index contributed by atoms with van der Waals surface area (Å²) in [4.78, 5) is 14.7. The number of anilines is 1. The van der Waals surface area contributed by atoms with Gasteiger partial charge in [0, 0.05) is 30.3 Å². The summed E-state index contributed by atoms with van der Waals surface area (Å²) < 4.78 is 41.3. The molecule has 5 nitrogen and oxygen atoms in total. The molecule has 0 radical (unpaired) electrons. The number of benzene rings is 2. The molecule has 1 saturated heterocycles. The van der Waals surface area contributed by atoms with E-state index in [1.165, 1.54) is 33.5 Å². The van der Waals surface area contributed by atoms with E-state index in [4.69, 9.17) is 11.6 Å². The third kappa shape index (κ3) is 3.43. The highest BCUT2D eigenvalue weighted by molar-refractivity contribution is 7.89. The van der Waals surface area contributed by atoms with Crippen LogP contribution in [-0.4, -0.2) is 38.3 Å². The van der Waals surface area contributed by atoms with Gasteiger partial charge in [0.1, 0.15) is 5.82 Å². The first-order valence-corrected chi connectivity index (χ1v) is 11.1. The molecule has 0 N–H and O–H groups in total. The second kappa shape index (κ2) is 7.46. The van der Waals surface area contributed by atoms with Gasteiger partial charge in [0.15, 0.2) is 0 Å². The summed E-state index contributed by atoms with van der Waals surface area (Å²) in [5.74, 6) is -1.11. The van der Waals surface area contributed by atoms with E-state index in [1.54, 1.807) is 12.1 Å². The first-order valence-electron chi connectivity index (χ1n) is 9.28. The van der Waals surface area contributed by atoms with E-state index in [-0.39, 0.29) is 15.5 Å². The number of hydrogen-bond donors (Lipinski definition) is 0. The molecule has 148 valence electrons. The molecule has 8 heteroatoms. The van der Waals surface area contributed by atoms with Crippen LogP contribution < -0.4 is 4.90 Å². The SMILES string of the molecule is O=C(c1cc(Cl)ccc1F)N1CCCc2cc(S(=O)(=O)N3CCCC3)ccc21. The lowest BCUT2D eigenvalue weighted by Crippen LogP contribution is -2.36. The highest BCUT2D eigenvalue weighted by Gasteiger charge is 2.30. The zero-order valence-electron chi connectivity index (χ0n) is 15.2. The summed E-state index contributed by atoms with van der Waals surface area (Å²) in [7, 11) is -3.52. The third-order valence-corrected chi connectivity index (χ3v) is 7.41. The van der Waals surface area contributed by atoms with Gasteiger partial charge in [-0.05, 0) is 67.6 Å². The maximum atomic E-state index is 14.2. The van der Waals surface area contributed by atoms with Crippen LogP contribution in [0.4, 0.5) is 10.1 Å². The molecule has 0 bridgehead atoms. The van der Waals surface area contributed by atoms with Crippen molar-refractivity contribution < 1.29 is 17.6 Å². The van der Waals surface area contributed by atoms with E-state index in [0.29, 0.717) is 38.2 Å². The van der Waals surface area contributed by atoms with Gasteiger partial charge in [0.2, 0.25) is 10.0 Å². The molecular weight excluding hydrogens is 403 g/mol. The van der Waals surface area contributed by atoms with Crippen LogP contribution in [-0.2, 0) is 16.4 Å². The predicted octanol–water partition coefficient (Wildman–Crippen LogP) is 3.86. The maximum absolute atomic E-state index is 14.2. The molecule has 2 aromatic rings. The van der Waals surface area contributed by atoms with Crippen molar-refractivity contribution in [3.05, 3.63) is 58.4 Å². The van der Waals surface area contributed by atoms with Gasteiger partial charge in [-0.1, -0.05) is 11.6 Å². The van der Waals surface area contributed by atoms with Crippen molar-refractivity contribution in [3.63, 3.8) is 0 Å². The molecule has 4 rings (SSSR count). The van der Waals surface area contributed by atoms with Crippen LogP contribution in [0.15, 0.2) is 41.3 Å². The number of amides is 1. The second-order valence-electron chi connectivity index (χ2n) is 7.09. The molecule has 0 saturated carbocycles. The van der Waals surface area contributed by atoms with Crippen LogP contribution in [0.25, 0.3) is 0 Å². The van der Waals surface area contributed by atoms with Crippen molar-refractivity contribution in [1.29, 1.82) is 0 Å². The molecule has 0 atom stereocenters. The van der Waals surface area contributed by atoms with Gasteiger partial charge >= 0.3 is 0 Å². The Bertz CT molecular complexity index is 1040. The summed E-state index contributed by atoms with van der Waals surface area (Å²) in [6.45, 7) is 1.52. The van der Waals surface area contributed by atoms with Crippen LogP contribution in [0.1, 0.15) is 35.2 Å². The summed E-state index contributed by atoms with van der Waals surface area (Å²) in [5.41, 5.74) is 1.31. The summed E-state index contributed by atoms with van der Waals surface area (Å²) in [6, 6.07) is 8.72. The number of nitrogens with zero attached hydrogens (tertiary/aromatic N) is 2. The molecule has 2 aliphatic rings. The molecule has 0 aromatic heterocycles. The number of sulfonamides is 1. The average molecular weight is 423 g/mol. The summed E-state index contributed by atoms with van der Waals surface area (Å²) in [6.07, 6.45) is 3.09. The van der Waals surface area contributed by atoms with Crippen molar-refractivity contribution in [1.82, 2.24) is 4.31 Å². The van der Waals surface area contributed by atoms with Gasteiger partial charge in [-0.3, -0.25) is 4.79 Å². The summed E-state index contributed by atoms with van der Waals surface area (Å²) >= 11 is 5.92. The average Bonchev–Trinajstić information content (AvgIpc) is 3.24. The van der Waals surface area contributed by atoms with Gasteiger partial charge in [0.05, 0.1) is 10.5 Å². The fraction of sp³-hybridized carbons (Fsp3) is 0.350. The Kier molecular flexibility index (Phi) is 5.16. The van der Waals surface area contributed by atoms with Gasteiger partial charge in [-0.15, -0.1) is 0 Å². The fourth-order valence-electron chi connectivity index (χ4n) is 3.83. The standard InChI is InChI=1S/C20H20ClFN2O3S/c21-15-5-7-18(22)17(13-15)20(25)24-11-3-4-14-12-16(6-8-19(14)24)28(26,27)23-9-1-2-10-23/h5-8,12-13H,1-4,9-11H2. The summed E-state index contributed by atoms with van der Waals surface area (Å²) in [5, 5.41) is 0.286. The number of carbonyl (C=O) groups excluding carboxylic acids is 1. The molecule has 2 aliphatic heterocycles. The van der Waals surface area contributed by atoms with Crippen molar-refractivity contribution in [2.45, 2.75) is 30.6 Å². The first kappa shape index (κ1) is 19.4. The lowest BCUT2D eigenvalue weighted by molar-refractivity contribution is 0.0981. The van der Waals surface area contributed by atoms with Gasteiger partial charge in [-0.25, -0.2) is 12.8 Å². The minimum Gasteiger partial charge on any atom is -0.308 e. The lowest BCUT2D eigenvalue weighted by Gasteiger charge is -2.30. The van der Waals surface area contributed by atoms with Crippen molar-refractivity contribution >= 4 is 33.2 Å². The van der Waals surface area contributed by atoms with Gasteiger partial charge in [-0.2, -0.15) is 4.31 Å². The first-order chi connectivity index (χ1) is 13.4. The highest BCUT2D eigenvalue weighted by atomic mass is 35.5. The van der Waals surface area contributed by atoms with E-state index in [0.717, 1.165) is 18.4 Å². The number of carbonyl (C=O) groups is 1. The molecule has 28 heavy (non-hydrogen) atoms. The number of rotatable bonds is 3. The maximum Gasteiger partial charge on any atom is 0.261 e. The van der Waals surface area contributed by atoms with Gasteiger partial charge in [0.25, 0.3) is 5.91 Å². The van der Waals surface area contributed by atoms with Crippen LogP contribution in [0.3, 0.4) is 0 Å². The van der Waals surface area contributed by atoms with Crippen molar-refractivity contribution in [2.75, 3.05) is 24.5 Å². The van der Waals surface area contributed by atoms with Gasteiger partial charge < -0.3 is 4.90 Å². The second-order valence-corrected chi connectivity index (χ2v) is 9.46. The number of fused-ring (bicyclic) bond motifs is 1.